The van der Waals surface area contributed by atoms with E-state index in [0.29, 0.717) is 6.42 Å². The molecule has 0 bridgehead atoms. The number of nitrogens with zero attached hydrogens (tertiary/aromatic N) is 1. The maximum absolute atomic E-state index is 9.80. The SMILES string of the molecule is C#C[C@]1(O)CCN(C)C[C@H]1C. The van der Waals surface area contributed by atoms with Gasteiger partial charge in [0.05, 0.1) is 0 Å². The Hall–Kier alpha value is -0.520. The lowest BCUT2D eigenvalue weighted by atomic mass is 9.83. The second kappa shape index (κ2) is 2.84. The van der Waals surface area contributed by atoms with Crippen molar-refractivity contribution in [3.8, 4) is 12.3 Å². The first-order chi connectivity index (χ1) is 5.08. The Bertz CT molecular complexity index is 184. The quantitative estimate of drug-likeness (QED) is 0.507. The predicted octanol–water partition coefficient (Wildman–Crippen LogP) is 0.322. The number of piperidine rings is 1. The summed E-state index contributed by atoms with van der Waals surface area (Å²) in [6.45, 7) is 3.78. The van der Waals surface area contributed by atoms with E-state index in [4.69, 9.17) is 6.42 Å². The zero-order chi connectivity index (χ0) is 8.48. The highest BCUT2D eigenvalue weighted by atomic mass is 16.3. The largest absolute Gasteiger partial charge is 0.377 e. The maximum Gasteiger partial charge on any atom is 0.130 e. The molecule has 62 valence electrons. The third kappa shape index (κ3) is 1.55. The molecule has 0 aliphatic carbocycles. The maximum atomic E-state index is 9.80. The van der Waals surface area contributed by atoms with E-state index in [-0.39, 0.29) is 5.92 Å². The van der Waals surface area contributed by atoms with Crippen molar-refractivity contribution >= 4 is 0 Å². The van der Waals surface area contributed by atoms with Gasteiger partial charge in [0.25, 0.3) is 0 Å². The van der Waals surface area contributed by atoms with Crippen molar-refractivity contribution in [2.45, 2.75) is 18.9 Å². The number of hydrogen-bond acceptors (Lipinski definition) is 2. The molecule has 2 nitrogen and oxygen atoms in total. The fourth-order valence-corrected chi connectivity index (χ4v) is 1.53. The first kappa shape index (κ1) is 8.58. The second-order valence-electron chi connectivity index (χ2n) is 3.48. The van der Waals surface area contributed by atoms with Crippen molar-refractivity contribution in [1.29, 1.82) is 0 Å². The van der Waals surface area contributed by atoms with Crippen LogP contribution < -0.4 is 0 Å². The molecule has 1 heterocycles. The molecule has 1 aliphatic heterocycles. The van der Waals surface area contributed by atoms with Crippen LogP contribution in [-0.4, -0.2) is 35.7 Å². The molecule has 0 radical (unpaired) electrons. The second-order valence-corrected chi connectivity index (χ2v) is 3.48. The number of likely N-dealkylation sites (tertiary alicyclic amines) is 1. The van der Waals surface area contributed by atoms with Crippen LogP contribution in [0.1, 0.15) is 13.3 Å². The number of aliphatic hydroxyl groups is 1. The topological polar surface area (TPSA) is 23.5 Å². The van der Waals surface area contributed by atoms with Crippen molar-refractivity contribution in [3.63, 3.8) is 0 Å². The third-order valence-corrected chi connectivity index (χ3v) is 2.53. The normalized spacial score (nSPS) is 40.0. The smallest absolute Gasteiger partial charge is 0.130 e. The summed E-state index contributed by atoms with van der Waals surface area (Å²) >= 11 is 0. The summed E-state index contributed by atoms with van der Waals surface area (Å²) in [6, 6.07) is 0. The molecule has 1 N–H and O–H groups in total. The van der Waals surface area contributed by atoms with Gasteiger partial charge in [-0.1, -0.05) is 12.8 Å². The molecular weight excluding hydrogens is 138 g/mol. The summed E-state index contributed by atoms with van der Waals surface area (Å²) in [7, 11) is 2.05. The minimum absolute atomic E-state index is 0.186. The van der Waals surface area contributed by atoms with Gasteiger partial charge in [-0.05, 0) is 7.05 Å². The fraction of sp³-hybridized carbons (Fsp3) is 0.778. The van der Waals surface area contributed by atoms with Gasteiger partial charge in [0, 0.05) is 25.4 Å². The van der Waals surface area contributed by atoms with E-state index < -0.39 is 5.60 Å². The van der Waals surface area contributed by atoms with Crippen LogP contribution in [0.25, 0.3) is 0 Å². The molecule has 0 aromatic heterocycles. The molecule has 0 saturated carbocycles. The average Bonchev–Trinajstić information content (AvgIpc) is 1.98. The van der Waals surface area contributed by atoms with Crippen LogP contribution in [0.4, 0.5) is 0 Å². The van der Waals surface area contributed by atoms with E-state index >= 15 is 0 Å². The third-order valence-electron chi connectivity index (χ3n) is 2.53. The molecule has 0 spiro atoms. The number of terminal acetylenes is 1. The zero-order valence-corrected chi connectivity index (χ0v) is 7.17. The molecule has 0 unspecified atom stereocenters. The molecule has 11 heavy (non-hydrogen) atoms. The minimum atomic E-state index is -0.855. The van der Waals surface area contributed by atoms with Crippen LogP contribution in [0.5, 0.6) is 0 Å². The van der Waals surface area contributed by atoms with Crippen LogP contribution in [0.15, 0.2) is 0 Å². The van der Waals surface area contributed by atoms with Crippen molar-refractivity contribution in [1.82, 2.24) is 4.90 Å². The van der Waals surface area contributed by atoms with Crippen LogP contribution in [0.2, 0.25) is 0 Å². The summed E-state index contributed by atoms with van der Waals surface area (Å²) in [5.74, 6) is 2.67. The number of hydrogen-bond donors (Lipinski definition) is 1. The molecular formula is C9H15NO. The first-order valence-corrected chi connectivity index (χ1v) is 3.97. The van der Waals surface area contributed by atoms with Crippen molar-refractivity contribution < 1.29 is 5.11 Å². The Morgan fingerprint density at radius 3 is 2.82 bits per heavy atom. The predicted molar refractivity (Wildman–Crippen MR) is 45.1 cm³/mol. The lowest BCUT2D eigenvalue weighted by Gasteiger charge is -2.38. The van der Waals surface area contributed by atoms with Crippen LogP contribution in [0.3, 0.4) is 0 Å². The summed E-state index contributed by atoms with van der Waals surface area (Å²) in [6.07, 6.45) is 5.95. The van der Waals surface area contributed by atoms with E-state index in [0.717, 1.165) is 13.1 Å². The Balaban J connectivity index is 2.66. The Labute approximate surface area is 68.2 Å². The molecule has 0 aromatic rings. The lowest BCUT2D eigenvalue weighted by Crippen LogP contribution is -2.48. The molecule has 2 atom stereocenters. The van der Waals surface area contributed by atoms with E-state index in [1.54, 1.807) is 0 Å². The first-order valence-electron chi connectivity index (χ1n) is 3.97. The van der Waals surface area contributed by atoms with E-state index in [1.807, 2.05) is 14.0 Å². The van der Waals surface area contributed by atoms with Gasteiger partial charge in [0.2, 0.25) is 0 Å². The standard InChI is InChI=1S/C9H15NO/c1-4-9(11)5-6-10(3)7-8(9)2/h1,8,11H,5-7H2,2-3H3/t8-,9+/m1/s1. The van der Waals surface area contributed by atoms with Gasteiger partial charge in [-0.15, -0.1) is 6.42 Å². The van der Waals surface area contributed by atoms with Gasteiger partial charge < -0.3 is 10.0 Å². The van der Waals surface area contributed by atoms with Crippen LogP contribution in [0, 0.1) is 18.3 Å². The van der Waals surface area contributed by atoms with Crippen molar-refractivity contribution in [3.05, 3.63) is 0 Å². The monoisotopic (exact) mass is 153 g/mol. The van der Waals surface area contributed by atoms with E-state index in [2.05, 4.69) is 10.8 Å². The molecule has 2 heteroatoms. The zero-order valence-electron chi connectivity index (χ0n) is 7.17. The summed E-state index contributed by atoms with van der Waals surface area (Å²) in [5.41, 5.74) is -0.855. The molecule has 0 aromatic carbocycles. The van der Waals surface area contributed by atoms with Crippen molar-refractivity contribution in [2.75, 3.05) is 20.1 Å². The van der Waals surface area contributed by atoms with Gasteiger partial charge in [-0.25, -0.2) is 0 Å². The van der Waals surface area contributed by atoms with Gasteiger partial charge in [-0.2, -0.15) is 0 Å². The fourth-order valence-electron chi connectivity index (χ4n) is 1.53. The van der Waals surface area contributed by atoms with E-state index in [1.165, 1.54) is 0 Å². The summed E-state index contributed by atoms with van der Waals surface area (Å²) < 4.78 is 0. The van der Waals surface area contributed by atoms with Gasteiger partial charge >= 0.3 is 0 Å². The summed E-state index contributed by atoms with van der Waals surface area (Å²) in [4.78, 5) is 2.19. The van der Waals surface area contributed by atoms with Gasteiger partial charge in [0.15, 0.2) is 0 Å². The Morgan fingerprint density at radius 1 is 1.73 bits per heavy atom. The number of rotatable bonds is 0. The molecule has 0 amide bonds. The van der Waals surface area contributed by atoms with Crippen LogP contribution in [-0.2, 0) is 0 Å². The van der Waals surface area contributed by atoms with Crippen molar-refractivity contribution in [2.24, 2.45) is 5.92 Å². The molecule has 1 saturated heterocycles. The summed E-state index contributed by atoms with van der Waals surface area (Å²) in [5, 5.41) is 9.80. The van der Waals surface area contributed by atoms with Gasteiger partial charge in [0.1, 0.15) is 5.60 Å². The Morgan fingerprint density at radius 2 is 2.36 bits per heavy atom. The minimum Gasteiger partial charge on any atom is -0.377 e. The van der Waals surface area contributed by atoms with Crippen LogP contribution >= 0.6 is 0 Å². The lowest BCUT2D eigenvalue weighted by molar-refractivity contribution is -0.0123. The molecule has 1 fully saturated rings. The Kier molecular flexibility index (Phi) is 2.22. The molecule has 1 aliphatic rings. The highest BCUT2D eigenvalue weighted by Gasteiger charge is 2.35. The van der Waals surface area contributed by atoms with Gasteiger partial charge in [-0.3, -0.25) is 0 Å². The van der Waals surface area contributed by atoms with E-state index in [9.17, 15) is 5.11 Å². The highest BCUT2D eigenvalue weighted by Crippen LogP contribution is 2.25. The highest BCUT2D eigenvalue weighted by molar-refractivity contribution is 5.11. The molecule has 1 rings (SSSR count). The average molecular weight is 153 g/mol.